The van der Waals surface area contributed by atoms with Gasteiger partial charge in [0, 0.05) is 29.9 Å². The van der Waals surface area contributed by atoms with Crippen molar-refractivity contribution >= 4 is 15.9 Å². The average molecular weight is 415 g/mol. The molecule has 9 heteroatoms. The Kier molecular flexibility index (Phi) is 5.88. The van der Waals surface area contributed by atoms with Crippen LogP contribution in [0.4, 0.5) is 0 Å². The Morgan fingerprint density at radius 3 is 2.83 bits per heavy atom. The second-order valence-electron chi connectivity index (χ2n) is 6.26. The molecule has 1 N–H and O–H groups in total. The van der Waals surface area contributed by atoms with Crippen LogP contribution in [0.15, 0.2) is 72.1 Å². The monoisotopic (exact) mass is 415 g/mol. The van der Waals surface area contributed by atoms with E-state index >= 15 is 0 Å². The second-order valence-corrected chi connectivity index (χ2v) is 7.92. The van der Waals surface area contributed by atoms with Crippen LogP contribution in [0, 0.1) is 0 Å². The van der Waals surface area contributed by atoms with Gasteiger partial charge >= 0.3 is 0 Å². The second kappa shape index (κ2) is 8.36. The normalized spacial score (nSPS) is 15.6. The number of carbonyl (C=O) groups excluding carboxylic acids is 1. The lowest BCUT2D eigenvalue weighted by Gasteiger charge is -2.13. The van der Waals surface area contributed by atoms with E-state index in [0.717, 1.165) is 11.6 Å². The van der Waals surface area contributed by atoms with Crippen molar-refractivity contribution in [2.24, 2.45) is 0 Å². The van der Waals surface area contributed by atoms with Crippen LogP contribution < -0.4 is 9.46 Å². The van der Waals surface area contributed by atoms with Crippen molar-refractivity contribution in [3.05, 3.63) is 83.3 Å². The molecular weight excluding hydrogens is 394 g/mol. The van der Waals surface area contributed by atoms with Gasteiger partial charge in [-0.25, -0.2) is 13.1 Å². The summed E-state index contributed by atoms with van der Waals surface area (Å²) in [6, 6.07) is 6.50. The van der Waals surface area contributed by atoms with E-state index in [9.17, 15) is 13.2 Å². The molecule has 1 fully saturated rings. The number of nitrogens with one attached hydrogen (secondary N) is 1. The molecule has 1 saturated heterocycles. The molecule has 0 spiro atoms. The zero-order valence-corrected chi connectivity index (χ0v) is 16.7. The lowest BCUT2D eigenvalue weighted by atomic mass is 10.1. The minimum Gasteiger partial charge on any atom is -0.496 e. The van der Waals surface area contributed by atoms with E-state index in [-0.39, 0.29) is 16.2 Å². The summed E-state index contributed by atoms with van der Waals surface area (Å²) in [6.07, 6.45) is 5.11. The summed E-state index contributed by atoms with van der Waals surface area (Å²) in [6.45, 7) is 8.09. The molecule has 8 nitrogen and oxygen atoms in total. The lowest BCUT2D eigenvalue weighted by Crippen LogP contribution is -2.31. The van der Waals surface area contributed by atoms with Crippen LogP contribution in [-0.2, 0) is 21.3 Å². The molecule has 2 aromatic rings. The largest absolute Gasteiger partial charge is 0.496 e. The number of hydrogen-bond donors (Lipinski definition) is 1. The standard InChI is InChI=1S/C20H21N3O5S/c1-4-18(19-14(2)8-11-28-19)29(25,26)22-20(24)15-6-7-16(17(12-15)27-3)13-23-10-5-9-21-23/h4-7,9-10,12H,1-2,8,11,13H2,3H3,(H,22,24)/b19-18-. The maximum Gasteiger partial charge on any atom is 0.267 e. The molecule has 0 unspecified atom stereocenters. The predicted octanol–water partition coefficient (Wildman–Crippen LogP) is 2.37. The van der Waals surface area contributed by atoms with Gasteiger partial charge in [-0.15, -0.1) is 0 Å². The van der Waals surface area contributed by atoms with Gasteiger partial charge in [-0.2, -0.15) is 5.10 Å². The number of carbonyl (C=O) groups is 1. The molecule has 2 heterocycles. The molecule has 0 saturated carbocycles. The number of amides is 1. The van der Waals surface area contributed by atoms with Gasteiger partial charge in [-0.05, 0) is 29.8 Å². The number of ether oxygens (including phenoxy) is 2. The molecule has 1 aromatic carbocycles. The number of aromatic nitrogens is 2. The van der Waals surface area contributed by atoms with Crippen molar-refractivity contribution in [1.82, 2.24) is 14.5 Å². The van der Waals surface area contributed by atoms with Gasteiger partial charge in [0.1, 0.15) is 16.4 Å². The van der Waals surface area contributed by atoms with E-state index in [0.29, 0.717) is 30.9 Å². The summed E-state index contributed by atoms with van der Waals surface area (Å²) >= 11 is 0. The van der Waals surface area contributed by atoms with Crippen molar-refractivity contribution in [2.45, 2.75) is 13.0 Å². The molecule has 0 aliphatic carbocycles. The summed E-state index contributed by atoms with van der Waals surface area (Å²) in [4.78, 5) is 12.4. The average Bonchev–Trinajstić information content (AvgIpc) is 3.34. The van der Waals surface area contributed by atoms with Gasteiger partial charge in [-0.3, -0.25) is 9.48 Å². The van der Waals surface area contributed by atoms with Crippen LogP contribution >= 0.6 is 0 Å². The third kappa shape index (κ3) is 4.40. The summed E-state index contributed by atoms with van der Waals surface area (Å²) < 4.78 is 39.8. The molecule has 3 rings (SSSR count). The molecule has 0 radical (unpaired) electrons. The number of rotatable bonds is 7. The SMILES string of the molecule is C=C/C(=C1/OCCC1=C)S(=O)(=O)NC(=O)c1ccc(Cn2cccn2)c(OC)c1. The van der Waals surface area contributed by atoms with Crippen molar-refractivity contribution in [3.8, 4) is 5.75 Å². The van der Waals surface area contributed by atoms with Crippen LogP contribution in [0.1, 0.15) is 22.3 Å². The third-order valence-corrected chi connectivity index (χ3v) is 5.72. The summed E-state index contributed by atoms with van der Waals surface area (Å²) in [5.41, 5.74) is 1.47. The van der Waals surface area contributed by atoms with Crippen LogP contribution in [0.5, 0.6) is 5.75 Å². The minimum absolute atomic E-state index is 0.132. The lowest BCUT2D eigenvalue weighted by molar-refractivity contribution is 0.0981. The molecule has 152 valence electrons. The van der Waals surface area contributed by atoms with Gasteiger partial charge in [0.05, 0.1) is 20.3 Å². The highest BCUT2D eigenvalue weighted by molar-refractivity contribution is 7.94. The Morgan fingerprint density at radius 1 is 1.45 bits per heavy atom. The van der Waals surface area contributed by atoms with Gasteiger partial charge in [0.25, 0.3) is 15.9 Å². The molecule has 1 aromatic heterocycles. The van der Waals surface area contributed by atoms with E-state index in [2.05, 4.69) is 18.3 Å². The fourth-order valence-corrected chi connectivity index (χ4v) is 4.02. The summed E-state index contributed by atoms with van der Waals surface area (Å²) in [5.74, 6) is -0.217. The van der Waals surface area contributed by atoms with E-state index in [1.165, 1.54) is 19.2 Å². The fourth-order valence-electron chi connectivity index (χ4n) is 2.88. The molecule has 0 atom stereocenters. The highest BCUT2D eigenvalue weighted by Crippen LogP contribution is 2.28. The first-order valence-electron chi connectivity index (χ1n) is 8.75. The Labute approximate surface area is 169 Å². The van der Waals surface area contributed by atoms with Gasteiger partial charge in [-0.1, -0.05) is 19.2 Å². The zero-order chi connectivity index (χ0) is 21.0. The zero-order valence-electron chi connectivity index (χ0n) is 15.9. The third-order valence-electron chi connectivity index (χ3n) is 4.34. The Hall–Kier alpha value is -3.33. The van der Waals surface area contributed by atoms with Crippen molar-refractivity contribution in [1.29, 1.82) is 0 Å². The van der Waals surface area contributed by atoms with E-state index in [1.807, 2.05) is 4.72 Å². The predicted molar refractivity (Wildman–Crippen MR) is 108 cm³/mol. The molecule has 1 amide bonds. The quantitative estimate of drug-likeness (QED) is 0.745. The molecule has 1 aliphatic heterocycles. The fraction of sp³-hybridized carbons (Fsp3) is 0.200. The van der Waals surface area contributed by atoms with Crippen LogP contribution in [-0.4, -0.2) is 37.8 Å². The molecule has 29 heavy (non-hydrogen) atoms. The van der Waals surface area contributed by atoms with Gasteiger partial charge in [0.2, 0.25) is 0 Å². The Bertz CT molecular complexity index is 1090. The van der Waals surface area contributed by atoms with Gasteiger partial charge < -0.3 is 9.47 Å². The van der Waals surface area contributed by atoms with Crippen molar-refractivity contribution in [2.75, 3.05) is 13.7 Å². The van der Waals surface area contributed by atoms with Crippen molar-refractivity contribution in [3.63, 3.8) is 0 Å². The maximum atomic E-state index is 12.7. The smallest absolute Gasteiger partial charge is 0.267 e. The van der Waals surface area contributed by atoms with Gasteiger partial charge in [0.15, 0.2) is 0 Å². The number of methoxy groups -OCH3 is 1. The highest BCUT2D eigenvalue weighted by Gasteiger charge is 2.27. The summed E-state index contributed by atoms with van der Waals surface area (Å²) in [7, 11) is -2.71. The molecular formula is C20H21N3O5S. The number of nitrogens with zero attached hydrogens (tertiary/aromatic N) is 2. The molecule has 1 aliphatic rings. The van der Waals surface area contributed by atoms with E-state index < -0.39 is 15.9 Å². The summed E-state index contributed by atoms with van der Waals surface area (Å²) in [5, 5.41) is 4.13. The molecule has 0 bridgehead atoms. The first kappa shape index (κ1) is 20.4. The highest BCUT2D eigenvalue weighted by atomic mass is 32.2. The topological polar surface area (TPSA) is 99.5 Å². The van der Waals surface area contributed by atoms with Crippen LogP contribution in [0.25, 0.3) is 0 Å². The maximum absolute atomic E-state index is 12.7. The van der Waals surface area contributed by atoms with E-state index in [1.54, 1.807) is 29.2 Å². The van der Waals surface area contributed by atoms with Crippen LogP contribution in [0.3, 0.4) is 0 Å². The van der Waals surface area contributed by atoms with E-state index in [4.69, 9.17) is 9.47 Å². The Balaban J connectivity index is 1.84. The number of benzene rings is 1. The number of allylic oxidation sites excluding steroid dienone is 2. The minimum atomic E-state index is -4.19. The first-order chi connectivity index (χ1) is 13.9. The van der Waals surface area contributed by atoms with Crippen molar-refractivity contribution < 1.29 is 22.7 Å². The Morgan fingerprint density at radius 2 is 2.24 bits per heavy atom. The first-order valence-corrected chi connectivity index (χ1v) is 10.2. The van der Waals surface area contributed by atoms with Crippen LogP contribution in [0.2, 0.25) is 0 Å². The number of sulfonamides is 1. The number of hydrogen-bond acceptors (Lipinski definition) is 6.